The Hall–Kier alpha value is -3.26. The van der Waals surface area contributed by atoms with Crippen LogP contribution in [0.25, 0.3) is 11.5 Å². The Labute approximate surface area is 148 Å². The van der Waals surface area contributed by atoms with Gasteiger partial charge in [-0.2, -0.15) is 0 Å². The van der Waals surface area contributed by atoms with Gasteiger partial charge >= 0.3 is 0 Å². The summed E-state index contributed by atoms with van der Waals surface area (Å²) in [7, 11) is 0. The van der Waals surface area contributed by atoms with Gasteiger partial charge in [0.15, 0.2) is 23.0 Å². The van der Waals surface area contributed by atoms with Crippen molar-refractivity contribution in [3.63, 3.8) is 0 Å². The summed E-state index contributed by atoms with van der Waals surface area (Å²) in [5, 5.41) is 16.7. The number of hydrogen-bond acceptors (Lipinski definition) is 7. The third kappa shape index (κ3) is 3.27. The summed E-state index contributed by atoms with van der Waals surface area (Å²) in [6.07, 6.45) is 1.12. The Kier molecular flexibility index (Phi) is 4.32. The van der Waals surface area contributed by atoms with Gasteiger partial charge < -0.3 is 28.8 Å². The molecule has 1 aliphatic rings. The molecule has 1 atom stereocenters. The molecule has 0 fully saturated rings. The van der Waals surface area contributed by atoms with Gasteiger partial charge in [0, 0.05) is 12.6 Å². The van der Waals surface area contributed by atoms with E-state index in [1.807, 2.05) is 0 Å². The summed E-state index contributed by atoms with van der Waals surface area (Å²) in [4.78, 5) is 12.1. The number of benzene rings is 1. The SMILES string of the molecule is O=C(NCC[C@H](O)c1ccc2c(c1)OCO2)c1cc(-c2ccco2)on1. The van der Waals surface area contributed by atoms with Crippen LogP contribution in [0.2, 0.25) is 0 Å². The van der Waals surface area contributed by atoms with Gasteiger partial charge in [0.2, 0.25) is 12.6 Å². The van der Waals surface area contributed by atoms with E-state index in [-0.39, 0.29) is 24.9 Å². The lowest BCUT2D eigenvalue weighted by molar-refractivity contribution is 0.0933. The molecular formula is C18H16N2O6. The molecule has 0 unspecified atom stereocenters. The third-order valence-electron chi connectivity index (χ3n) is 3.99. The first-order valence-electron chi connectivity index (χ1n) is 8.07. The maximum atomic E-state index is 12.1. The molecule has 3 heterocycles. The molecule has 134 valence electrons. The van der Waals surface area contributed by atoms with Gasteiger partial charge in [-0.1, -0.05) is 11.2 Å². The predicted molar refractivity (Wildman–Crippen MR) is 88.7 cm³/mol. The number of aromatic nitrogens is 1. The lowest BCUT2D eigenvalue weighted by atomic mass is 10.1. The highest BCUT2D eigenvalue weighted by Gasteiger charge is 2.18. The molecule has 8 nitrogen and oxygen atoms in total. The summed E-state index contributed by atoms with van der Waals surface area (Å²) in [6, 6.07) is 10.2. The van der Waals surface area contributed by atoms with Gasteiger partial charge in [0.25, 0.3) is 5.91 Å². The molecule has 0 spiro atoms. The van der Waals surface area contributed by atoms with E-state index in [0.717, 1.165) is 0 Å². The predicted octanol–water partition coefficient (Wildman–Crippen LogP) is 2.52. The largest absolute Gasteiger partial charge is 0.461 e. The Morgan fingerprint density at radius 1 is 1.19 bits per heavy atom. The van der Waals surface area contributed by atoms with Crippen LogP contribution >= 0.6 is 0 Å². The molecule has 4 rings (SSSR count). The molecule has 0 radical (unpaired) electrons. The van der Waals surface area contributed by atoms with Gasteiger partial charge in [-0.05, 0) is 36.2 Å². The Balaban J connectivity index is 1.31. The molecule has 8 heteroatoms. The fourth-order valence-electron chi connectivity index (χ4n) is 2.62. The Morgan fingerprint density at radius 3 is 2.92 bits per heavy atom. The smallest absolute Gasteiger partial charge is 0.273 e. The molecule has 1 amide bonds. The molecule has 0 bridgehead atoms. The van der Waals surface area contributed by atoms with E-state index in [4.69, 9.17) is 18.4 Å². The van der Waals surface area contributed by atoms with Crippen LogP contribution in [0.15, 0.2) is 51.6 Å². The molecule has 0 saturated heterocycles. The first kappa shape index (κ1) is 16.2. The molecule has 3 aromatic rings. The van der Waals surface area contributed by atoms with E-state index < -0.39 is 6.10 Å². The minimum atomic E-state index is -0.735. The molecule has 1 aromatic carbocycles. The minimum Gasteiger partial charge on any atom is -0.461 e. The van der Waals surface area contributed by atoms with Crippen LogP contribution < -0.4 is 14.8 Å². The maximum absolute atomic E-state index is 12.1. The topological polar surface area (TPSA) is 107 Å². The standard InChI is InChI=1S/C18H16N2O6/c21-13(11-3-4-15-16(8-11)25-10-24-15)5-6-19-18(22)12-9-17(26-20-12)14-2-1-7-23-14/h1-4,7-9,13,21H,5-6,10H2,(H,19,22)/t13-/m0/s1. The first-order valence-corrected chi connectivity index (χ1v) is 8.07. The summed E-state index contributed by atoms with van der Waals surface area (Å²) in [6.45, 7) is 0.458. The van der Waals surface area contributed by atoms with E-state index in [0.29, 0.717) is 35.0 Å². The van der Waals surface area contributed by atoms with Crippen LogP contribution in [-0.2, 0) is 0 Å². The summed E-state index contributed by atoms with van der Waals surface area (Å²) >= 11 is 0. The fraction of sp³-hybridized carbons (Fsp3) is 0.222. The Morgan fingerprint density at radius 2 is 2.08 bits per heavy atom. The number of aliphatic hydroxyl groups excluding tert-OH is 1. The molecule has 1 aliphatic heterocycles. The number of hydrogen-bond donors (Lipinski definition) is 2. The van der Waals surface area contributed by atoms with Crippen molar-refractivity contribution in [3.8, 4) is 23.0 Å². The number of nitrogens with one attached hydrogen (secondary N) is 1. The van der Waals surface area contributed by atoms with Gasteiger partial charge in [-0.3, -0.25) is 4.79 Å². The van der Waals surface area contributed by atoms with Gasteiger partial charge in [0.05, 0.1) is 12.4 Å². The lowest BCUT2D eigenvalue weighted by Crippen LogP contribution is -2.25. The van der Waals surface area contributed by atoms with E-state index in [1.165, 1.54) is 12.3 Å². The van der Waals surface area contributed by atoms with Crippen molar-refractivity contribution in [1.82, 2.24) is 10.5 Å². The molecule has 2 N–H and O–H groups in total. The van der Waals surface area contributed by atoms with Crippen LogP contribution in [0.1, 0.15) is 28.6 Å². The highest BCUT2D eigenvalue weighted by Crippen LogP contribution is 2.34. The van der Waals surface area contributed by atoms with Crippen molar-refractivity contribution in [2.75, 3.05) is 13.3 Å². The van der Waals surface area contributed by atoms with Gasteiger partial charge in [-0.15, -0.1) is 0 Å². The average molecular weight is 356 g/mol. The summed E-state index contributed by atoms with van der Waals surface area (Å²) in [5.74, 6) is 1.76. The number of rotatable bonds is 6. The number of ether oxygens (including phenoxy) is 2. The normalized spacial score (nSPS) is 13.6. The van der Waals surface area contributed by atoms with Gasteiger partial charge in [0.1, 0.15) is 0 Å². The number of furan rings is 1. The highest BCUT2D eigenvalue weighted by molar-refractivity contribution is 5.92. The van der Waals surface area contributed by atoms with Crippen molar-refractivity contribution in [2.24, 2.45) is 0 Å². The monoisotopic (exact) mass is 356 g/mol. The highest BCUT2D eigenvalue weighted by atomic mass is 16.7. The van der Waals surface area contributed by atoms with Crippen molar-refractivity contribution < 1.29 is 28.3 Å². The van der Waals surface area contributed by atoms with E-state index >= 15 is 0 Å². The molecule has 0 aliphatic carbocycles. The van der Waals surface area contributed by atoms with E-state index in [1.54, 1.807) is 30.3 Å². The van der Waals surface area contributed by atoms with Crippen LogP contribution in [-0.4, -0.2) is 29.5 Å². The van der Waals surface area contributed by atoms with Gasteiger partial charge in [-0.25, -0.2) is 0 Å². The van der Waals surface area contributed by atoms with E-state index in [2.05, 4.69) is 10.5 Å². The van der Waals surface area contributed by atoms with Crippen LogP contribution in [0.5, 0.6) is 11.5 Å². The number of carbonyl (C=O) groups is 1. The third-order valence-corrected chi connectivity index (χ3v) is 3.99. The number of amides is 1. The maximum Gasteiger partial charge on any atom is 0.273 e. The van der Waals surface area contributed by atoms with Crippen LogP contribution in [0.4, 0.5) is 0 Å². The van der Waals surface area contributed by atoms with Crippen molar-refractivity contribution in [3.05, 3.63) is 53.9 Å². The zero-order valence-corrected chi connectivity index (χ0v) is 13.7. The lowest BCUT2D eigenvalue weighted by Gasteiger charge is -2.11. The Bertz CT molecular complexity index is 902. The van der Waals surface area contributed by atoms with Crippen molar-refractivity contribution in [1.29, 1.82) is 0 Å². The number of fused-ring (bicyclic) bond motifs is 1. The number of carbonyl (C=O) groups excluding carboxylic acids is 1. The van der Waals surface area contributed by atoms with Crippen molar-refractivity contribution >= 4 is 5.91 Å². The summed E-state index contributed by atoms with van der Waals surface area (Å²) < 4.78 is 20.8. The van der Waals surface area contributed by atoms with E-state index in [9.17, 15) is 9.90 Å². The van der Waals surface area contributed by atoms with Crippen LogP contribution in [0, 0.1) is 0 Å². The molecule has 0 saturated carbocycles. The minimum absolute atomic E-state index is 0.147. The first-order chi connectivity index (χ1) is 12.7. The number of aliphatic hydroxyl groups is 1. The molecule has 2 aromatic heterocycles. The average Bonchev–Trinajstić information content (AvgIpc) is 3.41. The second-order valence-electron chi connectivity index (χ2n) is 5.73. The molecular weight excluding hydrogens is 340 g/mol. The second kappa shape index (κ2) is 6.93. The quantitative estimate of drug-likeness (QED) is 0.699. The zero-order valence-electron chi connectivity index (χ0n) is 13.7. The van der Waals surface area contributed by atoms with Crippen molar-refractivity contribution in [2.45, 2.75) is 12.5 Å². The summed E-state index contributed by atoms with van der Waals surface area (Å²) in [5.41, 5.74) is 0.846. The zero-order chi connectivity index (χ0) is 17.9. The fourth-order valence-corrected chi connectivity index (χ4v) is 2.62. The second-order valence-corrected chi connectivity index (χ2v) is 5.73. The number of nitrogens with zero attached hydrogens (tertiary/aromatic N) is 1. The van der Waals surface area contributed by atoms with Crippen LogP contribution in [0.3, 0.4) is 0 Å². The molecule has 26 heavy (non-hydrogen) atoms.